The molecule has 0 bridgehead atoms. The van der Waals surface area contributed by atoms with Crippen molar-refractivity contribution < 1.29 is 38.9 Å². The van der Waals surface area contributed by atoms with E-state index in [2.05, 4.69) is 41.5 Å². The Bertz CT molecular complexity index is 1490. The van der Waals surface area contributed by atoms with Crippen LogP contribution in [0.4, 0.5) is 0 Å². The van der Waals surface area contributed by atoms with E-state index in [9.17, 15) is 29.4 Å². The number of ether oxygens (including phenoxy) is 2. The highest BCUT2D eigenvalue weighted by Crippen LogP contribution is 2.69. The summed E-state index contributed by atoms with van der Waals surface area (Å²) in [5.74, 6) is -0.778. The molecule has 0 radical (unpaired) electrons. The van der Waals surface area contributed by atoms with Crippen molar-refractivity contribution in [1.29, 1.82) is 0 Å². The van der Waals surface area contributed by atoms with E-state index in [0.717, 1.165) is 64.2 Å². The summed E-state index contributed by atoms with van der Waals surface area (Å²) in [6, 6.07) is 0. The van der Waals surface area contributed by atoms with Crippen molar-refractivity contribution in [1.82, 2.24) is 0 Å². The number of aromatic hydroxyl groups is 2. The molecule has 0 amide bonds. The summed E-state index contributed by atoms with van der Waals surface area (Å²) in [7, 11) is 0. The molecule has 0 saturated heterocycles. The van der Waals surface area contributed by atoms with Crippen molar-refractivity contribution >= 4 is 23.5 Å². The maximum Gasteiger partial charge on any atom is 0.340 e. The van der Waals surface area contributed by atoms with Gasteiger partial charge in [-0.1, -0.05) is 54.4 Å². The van der Waals surface area contributed by atoms with Gasteiger partial charge in [0.15, 0.2) is 23.1 Å². The molecule has 0 heterocycles. The minimum atomic E-state index is -0.938. The number of Topliss-reactive ketones (excluding diaryl/α,β-unsaturated/α-hetero) is 2. The fourth-order valence-corrected chi connectivity index (χ4v) is 12.2. The van der Waals surface area contributed by atoms with E-state index in [1.54, 1.807) is 0 Å². The highest BCUT2D eigenvalue weighted by atomic mass is 16.6. The molecule has 10 atom stereocenters. The van der Waals surface area contributed by atoms with Crippen molar-refractivity contribution in [2.45, 2.75) is 145 Å². The molecule has 0 spiro atoms. The minimum Gasteiger partial charge on any atom is -0.504 e. The van der Waals surface area contributed by atoms with Gasteiger partial charge in [0.1, 0.15) is 6.10 Å². The summed E-state index contributed by atoms with van der Waals surface area (Å²) in [5.41, 5.74) is -1.37. The largest absolute Gasteiger partial charge is 0.504 e. The number of phenolic OH excluding ortho intramolecular Hbond substituents is 2. The van der Waals surface area contributed by atoms with Gasteiger partial charge in [-0.05, 0) is 131 Å². The van der Waals surface area contributed by atoms with Gasteiger partial charge in [-0.3, -0.25) is 14.4 Å². The van der Waals surface area contributed by atoms with Gasteiger partial charge in [-0.15, -0.1) is 0 Å². The molecule has 4 fully saturated rings. The molecule has 8 nitrogen and oxygen atoms in total. The van der Waals surface area contributed by atoms with Crippen LogP contribution in [0.15, 0.2) is 0 Å². The van der Waals surface area contributed by atoms with Gasteiger partial charge in [-0.25, -0.2) is 4.79 Å². The molecule has 5 rings (SSSR count). The third-order valence-corrected chi connectivity index (χ3v) is 14.7. The quantitative estimate of drug-likeness (QED) is 0.101. The summed E-state index contributed by atoms with van der Waals surface area (Å²) < 4.78 is 11.6. The highest BCUT2D eigenvalue weighted by Gasteiger charge is 2.63. The Kier molecular flexibility index (Phi) is 11.2. The van der Waals surface area contributed by atoms with Crippen LogP contribution >= 0.6 is 0 Å². The van der Waals surface area contributed by atoms with Gasteiger partial charge in [0, 0.05) is 12.3 Å². The second-order valence-electron chi connectivity index (χ2n) is 17.4. The summed E-state index contributed by atoms with van der Waals surface area (Å²) in [6.07, 6.45) is 13.2. The van der Waals surface area contributed by atoms with Gasteiger partial charge < -0.3 is 19.7 Å². The number of hydrogen-bond donors (Lipinski definition) is 2. The Labute approximate surface area is 299 Å². The zero-order chi connectivity index (χ0) is 36.9. The molecule has 50 heavy (non-hydrogen) atoms. The predicted octanol–water partition coefficient (Wildman–Crippen LogP) is 9.71. The van der Waals surface area contributed by atoms with E-state index in [-0.39, 0.29) is 5.41 Å². The lowest BCUT2D eigenvalue weighted by atomic mass is 9.44. The summed E-state index contributed by atoms with van der Waals surface area (Å²) in [5, 5.41) is 21.6. The summed E-state index contributed by atoms with van der Waals surface area (Å²) in [4.78, 5) is 52.1. The fraction of sp³-hybridized carbons (Fsp3) is 0.762. The van der Waals surface area contributed by atoms with Crippen molar-refractivity contribution in [2.24, 2.45) is 58.2 Å². The van der Waals surface area contributed by atoms with Crippen LogP contribution in [0, 0.1) is 58.2 Å². The molecule has 1 aromatic rings. The number of benzene rings is 1. The Morgan fingerprint density at radius 2 is 1.48 bits per heavy atom. The van der Waals surface area contributed by atoms with E-state index >= 15 is 0 Å². The molecular formula is C42H62O8. The monoisotopic (exact) mass is 694 g/mol. The standard InChI is InChI=1S/C42H62O8/c1-10-27(22(2)3)15-14-23(4)30-18-19-31-29-17-16-28-12-11-13-33(42(28,9)32(29)20-21-41(30,31)8)50-40(48)36-34(24(5)43)37(46)38(47)39(49-26(7)45)35(36)25(6)44/h22-23,27-33,46-47H,10-21H2,1-9H3/t23-,27-,28?,29-,30-,31+,32+,33?,41-,42+/m1/s1. The van der Waals surface area contributed by atoms with Crippen LogP contribution in [-0.4, -0.2) is 39.8 Å². The Hall–Kier alpha value is -2.90. The lowest BCUT2D eigenvalue weighted by molar-refractivity contribution is -0.166. The van der Waals surface area contributed by atoms with Crippen molar-refractivity contribution in [3.8, 4) is 17.2 Å². The van der Waals surface area contributed by atoms with E-state index in [1.807, 2.05) is 0 Å². The second-order valence-corrected chi connectivity index (χ2v) is 17.4. The molecule has 8 heteroatoms. The number of carbonyl (C=O) groups excluding carboxylic acids is 4. The summed E-state index contributed by atoms with van der Waals surface area (Å²) in [6.45, 7) is 17.8. The van der Waals surface area contributed by atoms with Crippen molar-refractivity contribution in [3.63, 3.8) is 0 Å². The van der Waals surface area contributed by atoms with E-state index in [0.29, 0.717) is 41.4 Å². The lowest BCUT2D eigenvalue weighted by Crippen LogP contribution is -2.58. The van der Waals surface area contributed by atoms with Crippen LogP contribution in [0.5, 0.6) is 17.2 Å². The molecular weight excluding hydrogens is 632 g/mol. The zero-order valence-electron chi connectivity index (χ0n) is 32.0. The second kappa shape index (κ2) is 14.6. The van der Waals surface area contributed by atoms with Gasteiger partial charge in [-0.2, -0.15) is 0 Å². The number of rotatable bonds is 11. The van der Waals surface area contributed by atoms with Crippen molar-refractivity contribution in [3.05, 3.63) is 16.7 Å². The Morgan fingerprint density at radius 3 is 2.08 bits per heavy atom. The molecule has 0 aliphatic heterocycles. The molecule has 4 saturated carbocycles. The first-order valence-electron chi connectivity index (χ1n) is 19.5. The van der Waals surface area contributed by atoms with Gasteiger partial charge in [0.05, 0.1) is 16.7 Å². The van der Waals surface area contributed by atoms with Gasteiger partial charge >= 0.3 is 11.9 Å². The minimum absolute atomic E-state index is 0.280. The molecule has 1 aromatic carbocycles. The average Bonchev–Trinajstić information content (AvgIpc) is 3.40. The molecule has 2 N–H and O–H groups in total. The van der Waals surface area contributed by atoms with E-state index in [1.165, 1.54) is 44.9 Å². The van der Waals surface area contributed by atoms with E-state index in [4.69, 9.17) is 9.47 Å². The molecule has 4 aliphatic carbocycles. The summed E-state index contributed by atoms with van der Waals surface area (Å²) >= 11 is 0. The fourth-order valence-electron chi connectivity index (χ4n) is 12.2. The normalized spacial score (nSPS) is 33.1. The number of fused-ring (bicyclic) bond motifs is 5. The van der Waals surface area contributed by atoms with Crippen LogP contribution in [0.3, 0.4) is 0 Å². The zero-order valence-corrected chi connectivity index (χ0v) is 32.0. The molecule has 0 aromatic heterocycles. The van der Waals surface area contributed by atoms with Crippen LogP contribution in [0.1, 0.15) is 170 Å². The lowest BCUT2D eigenvalue weighted by Gasteiger charge is -2.62. The SMILES string of the molecule is CC[C@H](CC[C@@H](C)[C@H]1CC[C@H]2[C@H]3CCC4CCCC(OC(=O)c5c(C(C)=O)c(O)c(O)c(OC(C)=O)c5C(C)=O)[C@]4(C)[C@H]3CC[C@]12C)C(C)C. The molecule has 278 valence electrons. The Morgan fingerprint density at radius 1 is 0.800 bits per heavy atom. The van der Waals surface area contributed by atoms with Gasteiger partial charge in [0.2, 0.25) is 5.75 Å². The molecule has 4 aliphatic rings. The van der Waals surface area contributed by atoms with Crippen LogP contribution < -0.4 is 4.74 Å². The predicted molar refractivity (Wildman–Crippen MR) is 193 cm³/mol. The number of carbonyl (C=O) groups is 4. The number of esters is 2. The number of hydrogen-bond acceptors (Lipinski definition) is 8. The maximum atomic E-state index is 14.3. The van der Waals surface area contributed by atoms with Crippen LogP contribution in [0.25, 0.3) is 0 Å². The van der Waals surface area contributed by atoms with Gasteiger partial charge in [0.25, 0.3) is 0 Å². The first-order valence-corrected chi connectivity index (χ1v) is 19.5. The third-order valence-electron chi connectivity index (χ3n) is 14.7. The third kappa shape index (κ3) is 6.51. The van der Waals surface area contributed by atoms with Crippen LogP contribution in [0.2, 0.25) is 0 Å². The Balaban J connectivity index is 1.45. The highest BCUT2D eigenvalue weighted by molar-refractivity contribution is 6.16. The molecule has 2 unspecified atom stereocenters. The topological polar surface area (TPSA) is 127 Å². The number of phenols is 2. The van der Waals surface area contributed by atoms with Crippen molar-refractivity contribution in [2.75, 3.05) is 0 Å². The number of ketones is 2. The average molecular weight is 695 g/mol. The maximum absolute atomic E-state index is 14.3. The van der Waals surface area contributed by atoms with E-state index < -0.39 is 63.5 Å². The van der Waals surface area contributed by atoms with Crippen LogP contribution in [-0.2, 0) is 9.53 Å². The first-order chi connectivity index (χ1) is 23.5. The first kappa shape index (κ1) is 38.3. The smallest absolute Gasteiger partial charge is 0.340 e.